The zero-order valence-electron chi connectivity index (χ0n) is 10.6. The molecule has 1 amide bonds. The van der Waals surface area contributed by atoms with Crippen molar-refractivity contribution in [2.24, 2.45) is 5.73 Å². The SMILES string of the molecule is COCC(CNC(=O)c1csc(CCN)n1)OC. The molecular weight excluding hydrogens is 254 g/mol. The second-order valence-electron chi connectivity index (χ2n) is 3.69. The largest absolute Gasteiger partial charge is 0.382 e. The van der Waals surface area contributed by atoms with Crippen molar-refractivity contribution in [1.29, 1.82) is 0 Å². The van der Waals surface area contributed by atoms with Crippen molar-refractivity contribution in [3.05, 3.63) is 16.1 Å². The van der Waals surface area contributed by atoms with Gasteiger partial charge in [-0.2, -0.15) is 0 Å². The first kappa shape index (κ1) is 15.0. The molecule has 6 nitrogen and oxygen atoms in total. The average Bonchev–Trinajstić information content (AvgIpc) is 2.83. The highest BCUT2D eigenvalue weighted by molar-refractivity contribution is 7.09. The van der Waals surface area contributed by atoms with E-state index in [4.69, 9.17) is 15.2 Å². The van der Waals surface area contributed by atoms with Crippen LogP contribution in [0, 0.1) is 0 Å². The normalized spacial score (nSPS) is 12.4. The number of rotatable bonds is 8. The van der Waals surface area contributed by atoms with Crippen LogP contribution in [0.25, 0.3) is 0 Å². The van der Waals surface area contributed by atoms with E-state index in [9.17, 15) is 4.79 Å². The van der Waals surface area contributed by atoms with Gasteiger partial charge in [0.15, 0.2) is 0 Å². The highest BCUT2D eigenvalue weighted by Crippen LogP contribution is 2.09. The van der Waals surface area contributed by atoms with Crippen LogP contribution >= 0.6 is 11.3 Å². The number of carbonyl (C=O) groups is 1. The number of nitrogens with two attached hydrogens (primary N) is 1. The van der Waals surface area contributed by atoms with Crippen LogP contribution in [0.3, 0.4) is 0 Å². The third kappa shape index (κ3) is 4.69. The third-order valence-electron chi connectivity index (χ3n) is 2.32. The minimum Gasteiger partial charge on any atom is -0.382 e. The summed E-state index contributed by atoms with van der Waals surface area (Å²) >= 11 is 1.44. The quantitative estimate of drug-likeness (QED) is 0.698. The zero-order valence-corrected chi connectivity index (χ0v) is 11.5. The van der Waals surface area contributed by atoms with Crippen molar-refractivity contribution >= 4 is 17.2 Å². The summed E-state index contributed by atoms with van der Waals surface area (Å²) in [5, 5.41) is 5.37. The third-order valence-corrected chi connectivity index (χ3v) is 3.23. The topological polar surface area (TPSA) is 86.5 Å². The monoisotopic (exact) mass is 273 g/mol. The summed E-state index contributed by atoms with van der Waals surface area (Å²) in [7, 11) is 3.17. The molecule has 0 bridgehead atoms. The van der Waals surface area contributed by atoms with E-state index in [-0.39, 0.29) is 12.0 Å². The van der Waals surface area contributed by atoms with Crippen molar-refractivity contribution in [1.82, 2.24) is 10.3 Å². The lowest BCUT2D eigenvalue weighted by Gasteiger charge is -2.14. The molecule has 0 saturated carbocycles. The molecule has 1 unspecified atom stereocenters. The molecule has 18 heavy (non-hydrogen) atoms. The fourth-order valence-corrected chi connectivity index (χ4v) is 2.14. The van der Waals surface area contributed by atoms with E-state index in [1.54, 1.807) is 19.6 Å². The maximum absolute atomic E-state index is 11.8. The number of hydrogen-bond acceptors (Lipinski definition) is 6. The number of hydrogen-bond donors (Lipinski definition) is 2. The highest BCUT2D eigenvalue weighted by atomic mass is 32.1. The fourth-order valence-electron chi connectivity index (χ4n) is 1.35. The molecule has 0 aliphatic rings. The second-order valence-corrected chi connectivity index (χ2v) is 4.63. The Morgan fingerprint density at radius 2 is 2.39 bits per heavy atom. The van der Waals surface area contributed by atoms with Crippen LogP contribution in [0.15, 0.2) is 5.38 Å². The van der Waals surface area contributed by atoms with Gasteiger partial charge >= 0.3 is 0 Å². The molecule has 0 saturated heterocycles. The van der Waals surface area contributed by atoms with E-state index in [2.05, 4.69) is 10.3 Å². The molecule has 1 aromatic rings. The molecule has 1 atom stereocenters. The van der Waals surface area contributed by atoms with Gasteiger partial charge in [0, 0.05) is 32.6 Å². The second kappa shape index (κ2) is 8.15. The Labute approximate surface area is 110 Å². The molecular formula is C11H19N3O3S. The summed E-state index contributed by atoms with van der Waals surface area (Å²) in [6.07, 6.45) is 0.545. The van der Waals surface area contributed by atoms with Gasteiger partial charge in [-0.25, -0.2) is 4.98 Å². The molecule has 0 aliphatic heterocycles. The smallest absolute Gasteiger partial charge is 0.270 e. The number of carbonyl (C=O) groups excluding carboxylic acids is 1. The zero-order chi connectivity index (χ0) is 13.4. The summed E-state index contributed by atoms with van der Waals surface area (Å²) < 4.78 is 10.1. The Kier molecular flexibility index (Phi) is 6.81. The van der Waals surface area contributed by atoms with E-state index in [0.29, 0.717) is 31.8 Å². The van der Waals surface area contributed by atoms with Gasteiger partial charge in [-0.3, -0.25) is 4.79 Å². The Hall–Kier alpha value is -1.02. The van der Waals surface area contributed by atoms with E-state index in [0.717, 1.165) is 5.01 Å². The molecule has 1 rings (SSSR count). The van der Waals surface area contributed by atoms with Gasteiger partial charge in [-0.15, -0.1) is 11.3 Å². The van der Waals surface area contributed by atoms with Crippen LogP contribution in [-0.4, -0.2) is 50.9 Å². The first-order valence-electron chi connectivity index (χ1n) is 5.65. The van der Waals surface area contributed by atoms with E-state index < -0.39 is 0 Å². The average molecular weight is 273 g/mol. The summed E-state index contributed by atoms with van der Waals surface area (Å²) in [6, 6.07) is 0. The lowest BCUT2D eigenvalue weighted by atomic mass is 10.3. The van der Waals surface area contributed by atoms with E-state index >= 15 is 0 Å². The van der Waals surface area contributed by atoms with Crippen LogP contribution in [-0.2, 0) is 15.9 Å². The number of nitrogens with zero attached hydrogens (tertiary/aromatic N) is 1. The highest BCUT2D eigenvalue weighted by Gasteiger charge is 2.13. The molecule has 102 valence electrons. The molecule has 3 N–H and O–H groups in total. The molecule has 0 fully saturated rings. The maximum Gasteiger partial charge on any atom is 0.270 e. The van der Waals surface area contributed by atoms with Gasteiger partial charge in [0.2, 0.25) is 0 Å². The van der Waals surface area contributed by atoms with Gasteiger partial charge in [-0.1, -0.05) is 0 Å². The van der Waals surface area contributed by atoms with Crippen molar-refractivity contribution < 1.29 is 14.3 Å². The van der Waals surface area contributed by atoms with Gasteiger partial charge in [-0.05, 0) is 6.54 Å². The summed E-state index contributed by atoms with van der Waals surface area (Å²) in [5.74, 6) is -0.201. The minimum atomic E-state index is -0.201. The summed E-state index contributed by atoms with van der Waals surface area (Å²) in [4.78, 5) is 16.0. The molecule has 0 spiro atoms. The first-order chi connectivity index (χ1) is 8.71. The van der Waals surface area contributed by atoms with Crippen LogP contribution in [0.1, 0.15) is 15.5 Å². The molecule has 0 radical (unpaired) electrons. The lowest BCUT2D eigenvalue weighted by Crippen LogP contribution is -2.35. The number of aromatic nitrogens is 1. The van der Waals surface area contributed by atoms with Crippen molar-refractivity contribution in [2.75, 3.05) is 33.9 Å². The van der Waals surface area contributed by atoms with Crippen LogP contribution < -0.4 is 11.1 Å². The van der Waals surface area contributed by atoms with Crippen molar-refractivity contribution in [3.63, 3.8) is 0 Å². The van der Waals surface area contributed by atoms with Crippen LogP contribution in [0.4, 0.5) is 0 Å². The minimum absolute atomic E-state index is 0.152. The van der Waals surface area contributed by atoms with Gasteiger partial charge in [0.05, 0.1) is 17.7 Å². The summed E-state index contributed by atoms with van der Waals surface area (Å²) in [5.41, 5.74) is 5.86. The van der Waals surface area contributed by atoms with Crippen LogP contribution in [0.2, 0.25) is 0 Å². The molecule has 1 heterocycles. The Balaban J connectivity index is 2.43. The molecule has 0 aromatic carbocycles. The molecule has 7 heteroatoms. The van der Waals surface area contributed by atoms with Gasteiger partial charge in [0.1, 0.15) is 5.69 Å². The predicted octanol–water partition coefficient (Wildman–Crippen LogP) is 0.0355. The van der Waals surface area contributed by atoms with Gasteiger partial charge in [0.25, 0.3) is 5.91 Å². The fraction of sp³-hybridized carbons (Fsp3) is 0.636. The lowest BCUT2D eigenvalue weighted by molar-refractivity contribution is 0.0285. The van der Waals surface area contributed by atoms with E-state index in [1.807, 2.05) is 0 Å². The number of amides is 1. The molecule has 1 aromatic heterocycles. The maximum atomic E-state index is 11.8. The Morgan fingerprint density at radius 1 is 1.61 bits per heavy atom. The van der Waals surface area contributed by atoms with Crippen molar-refractivity contribution in [3.8, 4) is 0 Å². The number of methoxy groups -OCH3 is 2. The first-order valence-corrected chi connectivity index (χ1v) is 6.53. The standard InChI is InChI=1S/C11H19N3O3S/c1-16-6-8(17-2)5-13-11(15)9-7-18-10(14-9)3-4-12/h7-8H,3-6,12H2,1-2H3,(H,13,15). The number of nitrogens with one attached hydrogen (secondary N) is 1. The van der Waals surface area contributed by atoms with Crippen molar-refractivity contribution in [2.45, 2.75) is 12.5 Å². The number of thiazole rings is 1. The van der Waals surface area contributed by atoms with Gasteiger partial charge < -0.3 is 20.5 Å². The Morgan fingerprint density at radius 3 is 3.00 bits per heavy atom. The Bertz CT molecular complexity index is 370. The number of ether oxygens (including phenoxy) is 2. The van der Waals surface area contributed by atoms with E-state index in [1.165, 1.54) is 11.3 Å². The summed E-state index contributed by atoms with van der Waals surface area (Å²) in [6.45, 7) is 1.37. The molecule has 0 aliphatic carbocycles. The predicted molar refractivity (Wildman–Crippen MR) is 69.9 cm³/mol. The van der Waals surface area contributed by atoms with Crippen LogP contribution in [0.5, 0.6) is 0 Å².